The van der Waals surface area contributed by atoms with Crippen LogP contribution in [-0.4, -0.2) is 29.2 Å². The van der Waals surface area contributed by atoms with Crippen LogP contribution in [0.1, 0.15) is 33.6 Å². The largest absolute Gasteiger partial charge is 0.481 e. The molecule has 0 spiro atoms. The maximum absolute atomic E-state index is 12.2. The van der Waals surface area contributed by atoms with Gasteiger partial charge in [0.25, 0.3) is 0 Å². The monoisotopic (exact) mass is 281 g/mol. The fraction of sp³-hybridized carbons (Fsp3) is 0.833. The zero-order valence-corrected chi connectivity index (χ0v) is 11.0. The number of hydrogen-bond donors (Lipinski definition) is 2. The summed E-state index contributed by atoms with van der Waals surface area (Å²) in [6, 6.07) is -0.653. The van der Waals surface area contributed by atoms with Crippen LogP contribution in [0.25, 0.3) is 0 Å². The average molecular weight is 281 g/mol. The first-order valence-corrected chi connectivity index (χ1v) is 6.08. The van der Waals surface area contributed by atoms with E-state index in [-0.39, 0.29) is 18.8 Å². The molecular weight excluding hydrogens is 263 g/mol. The lowest BCUT2D eigenvalue weighted by molar-refractivity contribution is -0.176. The van der Waals surface area contributed by atoms with Gasteiger partial charge in [0, 0.05) is 6.04 Å². The maximum Gasteiger partial charge on any atom is 0.471 e. The summed E-state index contributed by atoms with van der Waals surface area (Å²) in [7, 11) is 0. The highest BCUT2D eigenvalue weighted by Gasteiger charge is 2.48. The molecule has 1 aliphatic carbocycles. The smallest absolute Gasteiger partial charge is 0.471 e. The molecule has 1 aliphatic rings. The van der Waals surface area contributed by atoms with E-state index in [0.29, 0.717) is 0 Å². The fourth-order valence-electron chi connectivity index (χ4n) is 2.69. The molecule has 3 unspecified atom stereocenters. The topological polar surface area (TPSA) is 66.4 Å². The lowest BCUT2D eigenvalue weighted by Gasteiger charge is -2.46. The Kier molecular flexibility index (Phi) is 4.17. The number of nitrogens with one attached hydrogen (secondary N) is 1. The number of carboxylic acid groups (broad SMARTS) is 1. The van der Waals surface area contributed by atoms with E-state index in [1.807, 2.05) is 5.32 Å². The molecule has 0 saturated heterocycles. The molecule has 19 heavy (non-hydrogen) atoms. The molecule has 0 aromatic heterocycles. The van der Waals surface area contributed by atoms with Crippen molar-refractivity contribution < 1.29 is 27.9 Å². The van der Waals surface area contributed by atoms with Crippen LogP contribution in [0.15, 0.2) is 0 Å². The lowest BCUT2D eigenvalue weighted by Crippen LogP contribution is -2.54. The first-order valence-electron chi connectivity index (χ1n) is 6.08. The molecule has 0 radical (unpaired) electrons. The van der Waals surface area contributed by atoms with Crippen molar-refractivity contribution in [2.45, 2.75) is 45.8 Å². The second-order valence-corrected chi connectivity index (χ2v) is 5.66. The Balaban J connectivity index is 2.81. The van der Waals surface area contributed by atoms with E-state index in [2.05, 4.69) is 0 Å². The number of halogens is 3. The number of carbonyl (C=O) groups excluding carboxylic acids is 1. The summed E-state index contributed by atoms with van der Waals surface area (Å²) in [5, 5.41) is 11.1. The van der Waals surface area contributed by atoms with Gasteiger partial charge in [0.15, 0.2) is 0 Å². The predicted octanol–water partition coefficient (Wildman–Crippen LogP) is 2.19. The van der Waals surface area contributed by atoms with Crippen molar-refractivity contribution >= 4 is 11.9 Å². The quantitative estimate of drug-likeness (QED) is 0.815. The first kappa shape index (κ1) is 15.8. The molecule has 0 bridgehead atoms. The molecule has 3 atom stereocenters. The third-order valence-electron chi connectivity index (χ3n) is 4.31. The van der Waals surface area contributed by atoms with Crippen molar-refractivity contribution in [3.05, 3.63) is 0 Å². The van der Waals surface area contributed by atoms with Gasteiger partial charge < -0.3 is 10.4 Å². The molecule has 2 N–H and O–H groups in total. The van der Waals surface area contributed by atoms with Crippen LogP contribution in [0, 0.1) is 17.3 Å². The van der Waals surface area contributed by atoms with E-state index in [0.717, 1.165) is 0 Å². The van der Waals surface area contributed by atoms with Crippen molar-refractivity contribution in [1.29, 1.82) is 0 Å². The second kappa shape index (κ2) is 5.02. The second-order valence-electron chi connectivity index (χ2n) is 5.66. The minimum absolute atomic E-state index is 0.239. The van der Waals surface area contributed by atoms with Gasteiger partial charge in [-0.05, 0) is 24.2 Å². The van der Waals surface area contributed by atoms with Crippen molar-refractivity contribution in [2.75, 3.05) is 0 Å². The zero-order valence-electron chi connectivity index (χ0n) is 11.0. The van der Waals surface area contributed by atoms with Gasteiger partial charge in [-0.3, -0.25) is 9.59 Å². The first-order chi connectivity index (χ1) is 8.48. The van der Waals surface area contributed by atoms with Crippen LogP contribution in [0.3, 0.4) is 0 Å². The van der Waals surface area contributed by atoms with E-state index < -0.39 is 35.4 Å². The summed E-state index contributed by atoms with van der Waals surface area (Å²) in [4.78, 5) is 22.1. The van der Waals surface area contributed by atoms with Crippen LogP contribution >= 0.6 is 0 Å². The third-order valence-corrected chi connectivity index (χ3v) is 4.31. The SMILES string of the molecule is CC1C(NC(=O)C(F)(F)F)CCC(C(=O)O)C1(C)C. The molecule has 1 fully saturated rings. The maximum atomic E-state index is 12.2. The van der Waals surface area contributed by atoms with E-state index in [1.54, 1.807) is 20.8 Å². The van der Waals surface area contributed by atoms with Crippen LogP contribution in [-0.2, 0) is 9.59 Å². The van der Waals surface area contributed by atoms with Crippen LogP contribution in [0.4, 0.5) is 13.2 Å². The third kappa shape index (κ3) is 3.19. The Morgan fingerprint density at radius 2 is 1.79 bits per heavy atom. The van der Waals surface area contributed by atoms with Crippen LogP contribution in [0.2, 0.25) is 0 Å². The minimum Gasteiger partial charge on any atom is -0.481 e. The van der Waals surface area contributed by atoms with Gasteiger partial charge in [-0.15, -0.1) is 0 Å². The number of alkyl halides is 3. The molecule has 1 amide bonds. The van der Waals surface area contributed by atoms with Crippen LogP contribution in [0.5, 0.6) is 0 Å². The summed E-state index contributed by atoms with van der Waals surface area (Å²) in [6.45, 7) is 5.10. The Morgan fingerprint density at radius 1 is 1.26 bits per heavy atom. The highest BCUT2D eigenvalue weighted by Crippen LogP contribution is 2.45. The molecule has 1 saturated carbocycles. The standard InChI is InChI=1S/C12H18F3NO3/c1-6-8(16-10(19)12(13,14)15)5-4-7(9(17)18)11(6,2)3/h6-8H,4-5H2,1-3H3,(H,16,19)(H,17,18). The molecule has 0 heterocycles. The Hall–Kier alpha value is -1.27. The molecule has 0 aromatic rings. The van der Waals surface area contributed by atoms with Gasteiger partial charge in [0.1, 0.15) is 0 Å². The number of aliphatic carboxylic acids is 1. The number of amides is 1. The summed E-state index contributed by atoms with van der Waals surface area (Å²) in [5.41, 5.74) is -0.673. The lowest BCUT2D eigenvalue weighted by atomic mass is 9.61. The van der Waals surface area contributed by atoms with Gasteiger partial charge in [-0.25, -0.2) is 0 Å². The van der Waals surface area contributed by atoms with E-state index >= 15 is 0 Å². The Morgan fingerprint density at radius 3 is 2.21 bits per heavy atom. The molecule has 7 heteroatoms. The summed E-state index contributed by atoms with van der Waals surface area (Å²) < 4.78 is 36.7. The van der Waals surface area contributed by atoms with E-state index in [1.165, 1.54) is 0 Å². The summed E-state index contributed by atoms with van der Waals surface area (Å²) in [6.07, 6.45) is -4.41. The number of carbonyl (C=O) groups is 2. The van der Waals surface area contributed by atoms with Crippen molar-refractivity contribution in [3.8, 4) is 0 Å². The fourth-order valence-corrected chi connectivity index (χ4v) is 2.69. The number of hydrogen-bond acceptors (Lipinski definition) is 2. The van der Waals surface area contributed by atoms with Crippen LogP contribution < -0.4 is 5.32 Å². The van der Waals surface area contributed by atoms with Crippen molar-refractivity contribution in [2.24, 2.45) is 17.3 Å². The van der Waals surface area contributed by atoms with Gasteiger partial charge >= 0.3 is 18.1 Å². The van der Waals surface area contributed by atoms with Gasteiger partial charge in [0.2, 0.25) is 0 Å². The molecule has 110 valence electrons. The number of rotatable bonds is 2. The van der Waals surface area contributed by atoms with Crippen molar-refractivity contribution in [3.63, 3.8) is 0 Å². The minimum atomic E-state index is -4.91. The summed E-state index contributed by atoms with van der Waals surface area (Å²) >= 11 is 0. The molecular formula is C12H18F3NO3. The predicted molar refractivity (Wildman–Crippen MR) is 61.3 cm³/mol. The highest BCUT2D eigenvalue weighted by molar-refractivity contribution is 5.82. The highest BCUT2D eigenvalue weighted by atomic mass is 19.4. The molecule has 4 nitrogen and oxygen atoms in total. The van der Waals surface area contributed by atoms with E-state index in [4.69, 9.17) is 5.11 Å². The summed E-state index contributed by atoms with van der Waals surface area (Å²) in [5.74, 6) is -3.87. The normalized spacial score (nSPS) is 30.7. The molecule has 1 rings (SSSR count). The molecule has 0 aliphatic heterocycles. The Bertz CT molecular complexity index is 379. The van der Waals surface area contributed by atoms with Gasteiger partial charge in [-0.2, -0.15) is 13.2 Å². The zero-order chi connectivity index (χ0) is 15.0. The van der Waals surface area contributed by atoms with Gasteiger partial charge in [-0.1, -0.05) is 20.8 Å². The van der Waals surface area contributed by atoms with Crippen molar-refractivity contribution in [1.82, 2.24) is 5.32 Å². The average Bonchev–Trinajstić information content (AvgIpc) is 2.22. The number of carboxylic acids is 1. The van der Waals surface area contributed by atoms with Gasteiger partial charge in [0.05, 0.1) is 5.92 Å². The molecule has 0 aromatic carbocycles. The van der Waals surface area contributed by atoms with E-state index in [9.17, 15) is 22.8 Å². The Labute approximate surface area is 109 Å².